The lowest BCUT2D eigenvalue weighted by Crippen LogP contribution is -2.21. The molecule has 0 unspecified atom stereocenters. The summed E-state index contributed by atoms with van der Waals surface area (Å²) in [5.41, 5.74) is 2.08. The highest BCUT2D eigenvalue weighted by Crippen LogP contribution is 2.21. The minimum Gasteiger partial charge on any atom is -0.399 e. The van der Waals surface area contributed by atoms with Crippen molar-refractivity contribution in [1.29, 1.82) is 0 Å². The minimum absolute atomic E-state index is 0.00262. The molecule has 0 saturated carbocycles. The Morgan fingerprint density at radius 3 is 2.14 bits per heavy atom. The fourth-order valence-corrected chi connectivity index (χ4v) is 1.31. The van der Waals surface area contributed by atoms with E-state index in [1.54, 1.807) is 7.11 Å². The van der Waals surface area contributed by atoms with E-state index in [0.717, 1.165) is 11.3 Å². The lowest BCUT2D eigenvalue weighted by atomic mass is 9.86. The summed E-state index contributed by atoms with van der Waals surface area (Å²) in [6, 6.07) is 10.1. The first-order valence-electron chi connectivity index (χ1n) is 4.73. The van der Waals surface area contributed by atoms with Gasteiger partial charge in [-0.3, -0.25) is 0 Å². The fourth-order valence-electron chi connectivity index (χ4n) is 1.31. The zero-order valence-electron chi connectivity index (χ0n) is 9.24. The fraction of sp³-hybridized carbons (Fsp3) is 0.417. The maximum Gasteiger partial charge on any atom is 0.106 e. The second-order valence-electron chi connectivity index (χ2n) is 4.24. The second-order valence-corrected chi connectivity index (χ2v) is 4.24. The van der Waals surface area contributed by atoms with Gasteiger partial charge in [0.15, 0.2) is 0 Å². The molecule has 0 radical (unpaired) electrons. The van der Waals surface area contributed by atoms with Crippen LogP contribution in [0.5, 0.6) is 0 Å². The number of hydrogen-bond acceptors (Lipinski definition) is 2. The first-order chi connectivity index (χ1) is 6.55. The Hall–Kier alpha value is -1.31. The van der Waals surface area contributed by atoms with Gasteiger partial charge in [0, 0.05) is 5.41 Å². The molecule has 0 spiro atoms. The molecule has 0 aliphatic carbocycles. The third-order valence-corrected chi connectivity index (χ3v) is 1.94. The number of oxime groups is 1. The molecule has 0 aromatic heterocycles. The van der Waals surface area contributed by atoms with E-state index in [4.69, 9.17) is 4.84 Å². The predicted molar refractivity (Wildman–Crippen MR) is 59.4 cm³/mol. The van der Waals surface area contributed by atoms with Crippen LogP contribution in [0.3, 0.4) is 0 Å². The van der Waals surface area contributed by atoms with E-state index in [1.807, 2.05) is 30.3 Å². The molecule has 0 heterocycles. The lowest BCUT2D eigenvalue weighted by molar-refractivity contribution is 0.209. The molecule has 0 aliphatic rings. The third kappa shape index (κ3) is 2.59. The van der Waals surface area contributed by atoms with Gasteiger partial charge in [0.25, 0.3) is 0 Å². The van der Waals surface area contributed by atoms with E-state index in [-0.39, 0.29) is 5.41 Å². The SMILES string of the molecule is CO/N=C(/c1ccccc1)C(C)(C)C. The van der Waals surface area contributed by atoms with E-state index in [9.17, 15) is 0 Å². The maximum absolute atomic E-state index is 4.87. The summed E-state index contributed by atoms with van der Waals surface area (Å²) in [4.78, 5) is 4.87. The Kier molecular flexibility index (Phi) is 3.28. The smallest absolute Gasteiger partial charge is 0.106 e. The van der Waals surface area contributed by atoms with E-state index >= 15 is 0 Å². The van der Waals surface area contributed by atoms with Crippen molar-refractivity contribution in [3.05, 3.63) is 35.9 Å². The van der Waals surface area contributed by atoms with E-state index in [2.05, 4.69) is 25.9 Å². The van der Waals surface area contributed by atoms with Gasteiger partial charge in [-0.2, -0.15) is 0 Å². The molecule has 0 aliphatic heterocycles. The largest absolute Gasteiger partial charge is 0.399 e. The van der Waals surface area contributed by atoms with Crippen LogP contribution >= 0.6 is 0 Å². The monoisotopic (exact) mass is 191 g/mol. The summed E-state index contributed by atoms with van der Waals surface area (Å²) in [5.74, 6) is 0. The maximum atomic E-state index is 4.87. The van der Waals surface area contributed by atoms with Crippen LogP contribution in [0.2, 0.25) is 0 Å². The molecule has 2 heteroatoms. The van der Waals surface area contributed by atoms with Crippen LogP contribution in [0.15, 0.2) is 35.5 Å². The van der Waals surface area contributed by atoms with Gasteiger partial charge >= 0.3 is 0 Å². The van der Waals surface area contributed by atoms with Crippen molar-refractivity contribution in [2.45, 2.75) is 20.8 Å². The molecule has 14 heavy (non-hydrogen) atoms. The summed E-state index contributed by atoms with van der Waals surface area (Å²) in [6.07, 6.45) is 0. The molecular formula is C12H17NO. The van der Waals surface area contributed by atoms with Crippen LogP contribution < -0.4 is 0 Å². The lowest BCUT2D eigenvalue weighted by Gasteiger charge is -2.20. The summed E-state index contributed by atoms with van der Waals surface area (Å²) in [7, 11) is 1.58. The quantitative estimate of drug-likeness (QED) is 0.520. The van der Waals surface area contributed by atoms with Crippen molar-refractivity contribution in [3.8, 4) is 0 Å². The van der Waals surface area contributed by atoms with Crippen LogP contribution in [0.1, 0.15) is 26.3 Å². The molecule has 0 amide bonds. The van der Waals surface area contributed by atoms with Crippen molar-refractivity contribution >= 4 is 5.71 Å². The molecule has 0 N–H and O–H groups in total. The third-order valence-electron chi connectivity index (χ3n) is 1.94. The zero-order valence-corrected chi connectivity index (χ0v) is 9.24. The van der Waals surface area contributed by atoms with Gasteiger partial charge in [-0.25, -0.2) is 0 Å². The zero-order chi connectivity index (χ0) is 10.6. The van der Waals surface area contributed by atoms with E-state index in [0.29, 0.717) is 0 Å². The number of rotatable bonds is 2. The summed E-state index contributed by atoms with van der Waals surface area (Å²) >= 11 is 0. The molecule has 0 fully saturated rings. The molecule has 0 saturated heterocycles. The van der Waals surface area contributed by atoms with Crippen LogP contribution in [-0.4, -0.2) is 12.8 Å². The van der Waals surface area contributed by atoms with Gasteiger partial charge in [0.05, 0.1) is 5.71 Å². The Morgan fingerprint density at radius 2 is 1.71 bits per heavy atom. The molecule has 2 nitrogen and oxygen atoms in total. The van der Waals surface area contributed by atoms with Gasteiger partial charge in [-0.1, -0.05) is 56.3 Å². The van der Waals surface area contributed by atoms with Crippen molar-refractivity contribution in [2.24, 2.45) is 10.6 Å². The van der Waals surface area contributed by atoms with Crippen LogP contribution in [0.4, 0.5) is 0 Å². The Labute approximate surface area is 85.6 Å². The molecule has 1 rings (SSSR count). The van der Waals surface area contributed by atoms with Crippen molar-refractivity contribution < 1.29 is 4.84 Å². The number of benzene rings is 1. The Balaban J connectivity index is 3.09. The van der Waals surface area contributed by atoms with Crippen LogP contribution in [0, 0.1) is 5.41 Å². The molecule has 1 aromatic rings. The highest BCUT2D eigenvalue weighted by Gasteiger charge is 2.21. The van der Waals surface area contributed by atoms with Gasteiger partial charge in [-0.05, 0) is 5.56 Å². The van der Waals surface area contributed by atoms with Crippen LogP contribution in [-0.2, 0) is 4.84 Å². The minimum atomic E-state index is -0.00262. The van der Waals surface area contributed by atoms with Gasteiger partial charge in [-0.15, -0.1) is 0 Å². The predicted octanol–water partition coefficient (Wildman–Crippen LogP) is 3.08. The average Bonchev–Trinajstić information content (AvgIpc) is 2.14. The normalized spacial score (nSPS) is 12.7. The van der Waals surface area contributed by atoms with Gasteiger partial charge < -0.3 is 4.84 Å². The summed E-state index contributed by atoms with van der Waals surface area (Å²) < 4.78 is 0. The molecule has 76 valence electrons. The number of hydrogen-bond donors (Lipinski definition) is 0. The Morgan fingerprint density at radius 1 is 1.14 bits per heavy atom. The number of nitrogens with zero attached hydrogens (tertiary/aromatic N) is 1. The standard InChI is InChI=1S/C12H17NO/c1-12(2,3)11(13-14-4)10-8-6-5-7-9-10/h5-9H,1-4H3/b13-11-. The second kappa shape index (κ2) is 4.27. The highest BCUT2D eigenvalue weighted by molar-refractivity contribution is 6.03. The first-order valence-corrected chi connectivity index (χ1v) is 4.73. The van der Waals surface area contributed by atoms with Gasteiger partial charge in [0.2, 0.25) is 0 Å². The van der Waals surface area contributed by atoms with E-state index < -0.39 is 0 Å². The molecular weight excluding hydrogens is 174 g/mol. The first kappa shape index (κ1) is 10.8. The van der Waals surface area contributed by atoms with Crippen molar-refractivity contribution in [2.75, 3.05) is 7.11 Å². The van der Waals surface area contributed by atoms with E-state index in [1.165, 1.54) is 0 Å². The van der Waals surface area contributed by atoms with Crippen LogP contribution in [0.25, 0.3) is 0 Å². The molecule has 1 aromatic carbocycles. The van der Waals surface area contributed by atoms with Crippen molar-refractivity contribution in [1.82, 2.24) is 0 Å². The topological polar surface area (TPSA) is 21.6 Å². The van der Waals surface area contributed by atoms with Gasteiger partial charge in [0.1, 0.15) is 7.11 Å². The summed E-state index contributed by atoms with van der Waals surface area (Å²) in [6.45, 7) is 6.37. The molecule has 0 bridgehead atoms. The highest BCUT2D eigenvalue weighted by atomic mass is 16.6. The average molecular weight is 191 g/mol. The Bertz CT molecular complexity index is 309. The summed E-state index contributed by atoms with van der Waals surface area (Å²) in [5, 5.41) is 4.08. The van der Waals surface area contributed by atoms with Crippen molar-refractivity contribution in [3.63, 3.8) is 0 Å². The molecule has 0 atom stereocenters.